The third-order valence-corrected chi connectivity index (χ3v) is 2.64. The molecule has 5 heteroatoms. The number of hydrogen-bond donors (Lipinski definition) is 2. The van der Waals surface area contributed by atoms with Crippen LogP contribution in [0, 0.1) is 17.7 Å². The van der Waals surface area contributed by atoms with E-state index in [4.69, 9.17) is 5.11 Å². The van der Waals surface area contributed by atoms with Gasteiger partial charge < -0.3 is 15.1 Å². The number of hydrogen-bond acceptors (Lipinski definition) is 3. The summed E-state index contributed by atoms with van der Waals surface area (Å²) in [4.78, 5) is 13.4. The van der Waals surface area contributed by atoms with Crippen molar-refractivity contribution in [1.82, 2.24) is 4.90 Å². The van der Waals surface area contributed by atoms with Crippen molar-refractivity contribution in [2.75, 3.05) is 20.2 Å². The highest BCUT2D eigenvalue weighted by molar-refractivity contribution is 5.94. The summed E-state index contributed by atoms with van der Waals surface area (Å²) in [7, 11) is 1.51. The predicted octanol–water partition coefficient (Wildman–Crippen LogP) is 1.40. The Kier molecular flexibility index (Phi) is 5.89. The van der Waals surface area contributed by atoms with Crippen molar-refractivity contribution >= 4 is 5.91 Å². The number of carbonyl (C=O) groups is 1. The molecule has 1 aromatic rings. The molecule has 1 aromatic carbocycles. The molecule has 0 saturated heterocycles. The van der Waals surface area contributed by atoms with Crippen molar-refractivity contribution in [3.8, 4) is 11.8 Å². The van der Waals surface area contributed by atoms with Gasteiger partial charge in [-0.15, -0.1) is 0 Å². The molecule has 1 rings (SSSR count). The van der Waals surface area contributed by atoms with E-state index < -0.39 is 17.3 Å². The number of rotatable bonds is 4. The first-order valence-electron chi connectivity index (χ1n) is 6.62. The van der Waals surface area contributed by atoms with Crippen LogP contribution >= 0.6 is 0 Å². The van der Waals surface area contributed by atoms with E-state index in [9.17, 15) is 14.3 Å². The van der Waals surface area contributed by atoms with Crippen LogP contribution in [0.2, 0.25) is 0 Å². The Labute approximate surface area is 124 Å². The van der Waals surface area contributed by atoms with Crippen molar-refractivity contribution in [2.24, 2.45) is 0 Å². The SMILES string of the molecule is CN(CC(C)(C)O)C(=O)c1ccc(C#CCCO)cc1F. The molecule has 1 amide bonds. The molecule has 0 fully saturated rings. The highest BCUT2D eigenvalue weighted by atomic mass is 19.1. The van der Waals surface area contributed by atoms with Gasteiger partial charge in [0.05, 0.1) is 17.8 Å². The van der Waals surface area contributed by atoms with Gasteiger partial charge in [-0.25, -0.2) is 4.39 Å². The maximum atomic E-state index is 14.0. The summed E-state index contributed by atoms with van der Waals surface area (Å²) in [6.45, 7) is 3.21. The molecule has 0 radical (unpaired) electrons. The van der Waals surface area contributed by atoms with Crippen molar-refractivity contribution in [1.29, 1.82) is 0 Å². The highest BCUT2D eigenvalue weighted by Gasteiger charge is 2.22. The molecular weight excluding hydrogens is 273 g/mol. The minimum Gasteiger partial charge on any atom is -0.395 e. The van der Waals surface area contributed by atoms with Crippen LogP contribution in [0.5, 0.6) is 0 Å². The quantitative estimate of drug-likeness (QED) is 0.825. The smallest absolute Gasteiger partial charge is 0.256 e. The summed E-state index contributed by atoms with van der Waals surface area (Å²) in [5.41, 5.74) is -0.659. The molecule has 0 saturated carbocycles. The van der Waals surface area contributed by atoms with Gasteiger partial charge in [-0.1, -0.05) is 11.8 Å². The molecule has 4 nitrogen and oxygen atoms in total. The molecule has 114 valence electrons. The predicted molar refractivity (Wildman–Crippen MR) is 78.2 cm³/mol. The number of nitrogens with zero attached hydrogens (tertiary/aromatic N) is 1. The lowest BCUT2D eigenvalue weighted by molar-refractivity contribution is 0.0365. The third kappa shape index (κ3) is 5.54. The average Bonchev–Trinajstić information content (AvgIpc) is 2.36. The standard InChI is InChI=1S/C16H20FNO3/c1-16(2,21)11-18(3)15(20)13-8-7-12(10-14(13)17)6-4-5-9-19/h7-8,10,19,21H,5,9,11H2,1-3H3. The number of aliphatic hydroxyl groups is 2. The Balaban J connectivity index is 2.90. The first-order chi connectivity index (χ1) is 9.74. The van der Waals surface area contributed by atoms with E-state index in [-0.39, 0.29) is 18.7 Å². The number of carbonyl (C=O) groups excluding carboxylic acids is 1. The normalized spacial score (nSPS) is 10.8. The van der Waals surface area contributed by atoms with Gasteiger partial charge in [-0.2, -0.15) is 0 Å². The number of amides is 1. The van der Waals surface area contributed by atoms with Gasteiger partial charge in [0.2, 0.25) is 0 Å². The maximum absolute atomic E-state index is 14.0. The molecule has 0 spiro atoms. The molecule has 0 heterocycles. The first kappa shape index (κ1) is 17.2. The Morgan fingerprint density at radius 2 is 2.10 bits per heavy atom. The Bertz CT molecular complexity index is 567. The van der Waals surface area contributed by atoms with E-state index in [2.05, 4.69) is 11.8 Å². The topological polar surface area (TPSA) is 60.8 Å². The Hall–Kier alpha value is -1.90. The molecule has 0 unspecified atom stereocenters. The van der Waals surface area contributed by atoms with Gasteiger partial charge in [-0.3, -0.25) is 4.79 Å². The first-order valence-corrected chi connectivity index (χ1v) is 6.62. The molecular formula is C16H20FNO3. The van der Waals surface area contributed by atoms with Gasteiger partial charge in [0.25, 0.3) is 5.91 Å². The van der Waals surface area contributed by atoms with Crippen molar-refractivity contribution in [2.45, 2.75) is 25.9 Å². The molecule has 0 atom stereocenters. The number of likely N-dealkylation sites (N-methyl/N-ethyl adjacent to an activating group) is 1. The van der Waals surface area contributed by atoms with E-state index in [1.165, 1.54) is 24.1 Å². The second-order valence-corrected chi connectivity index (χ2v) is 5.44. The lowest BCUT2D eigenvalue weighted by Gasteiger charge is -2.25. The average molecular weight is 293 g/mol. The Morgan fingerprint density at radius 3 is 2.62 bits per heavy atom. The van der Waals surface area contributed by atoms with Crippen LogP contribution in [0.3, 0.4) is 0 Å². The van der Waals surface area contributed by atoms with E-state index >= 15 is 0 Å². The van der Waals surface area contributed by atoms with Crippen LogP contribution in [0.25, 0.3) is 0 Å². The molecule has 0 aromatic heterocycles. The number of benzene rings is 1. The molecule has 0 aliphatic carbocycles. The minimum absolute atomic E-state index is 0.0478. The molecule has 0 bridgehead atoms. The van der Waals surface area contributed by atoms with Crippen LogP contribution in [0.4, 0.5) is 4.39 Å². The van der Waals surface area contributed by atoms with Crippen LogP contribution in [-0.2, 0) is 0 Å². The zero-order chi connectivity index (χ0) is 16.0. The van der Waals surface area contributed by atoms with Crippen LogP contribution in [0.15, 0.2) is 18.2 Å². The van der Waals surface area contributed by atoms with Gasteiger partial charge in [0.15, 0.2) is 0 Å². The van der Waals surface area contributed by atoms with Gasteiger partial charge in [0.1, 0.15) is 5.82 Å². The van der Waals surface area contributed by atoms with Crippen LogP contribution < -0.4 is 0 Å². The van der Waals surface area contributed by atoms with Gasteiger partial charge >= 0.3 is 0 Å². The minimum atomic E-state index is -1.05. The summed E-state index contributed by atoms with van der Waals surface area (Å²) in [5.74, 6) is 4.24. The second kappa shape index (κ2) is 7.21. The van der Waals surface area contributed by atoms with E-state index in [0.717, 1.165) is 0 Å². The largest absolute Gasteiger partial charge is 0.395 e. The monoisotopic (exact) mass is 293 g/mol. The lowest BCUT2D eigenvalue weighted by atomic mass is 10.1. The fraction of sp³-hybridized carbons (Fsp3) is 0.438. The lowest BCUT2D eigenvalue weighted by Crippen LogP contribution is -2.40. The van der Waals surface area contributed by atoms with E-state index in [0.29, 0.717) is 12.0 Å². The maximum Gasteiger partial charge on any atom is 0.256 e. The van der Waals surface area contributed by atoms with Crippen LogP contribution in [0.1, 0.15) is 36.2 Å². The summed E-state index contributed by atoms with van der Waals surface area (Å²) >= 11 is 0. The zero-order valence-corrected chi connectivity index (χ0v) is 12.5. The molecule has 2 N–H and O–H groups in total. The highest BCUT2D eigenvalue weighted by Crippen LogP contribution is 2.14. The molecule has 0 aliphatic rings. The fourth-order valence-corrected chi connectivity index (χ4v) is 1.84. The van der Waals surface area contributed by atoms with E-state index in [1.54, 1.807) is 19.9 Å². The van der Waals surface area contributed by atoms with E-state index in [1.807, 2.05) is 0 Å². The van der Waals surface area contributed by atoms with Crippen molar-refractivity contribution < 1.29 is 19.4 Å². The summed E-state index contributed by atoms with van der Waals surface area (Å²) in [6.07, 6.45) is 0.316. The zero-order valence-electron chi connectivity index (χ0n) is 12.5. The fourth-order valence-electron chi connectivity index (χ4n) is 1.84. The molecule has 0 aliphatic heterocycles. The number of halogens is 1. The van der Waals surface area contributed by atoms with Gasteiger partial charge in [0, 0.05) is 25.6 Å². The summed E-state index contributed by atoms with van der Waals surface area (Å²) in [5, 5.41) is 18.3. The van der Waals surface area contributed by atoms with Crippen LogP contribution in [-0.4, -0.2) is 46.8 Å². The third-order valence-electron chi connectivity index (χ3n) is 2.64. The number of aliphatic hydroxyl groups excluding tert-OH is 1. The Morgan fingerprint density at radius 1 is 1.43 bits per heavy atom. The summed E-state index contributed by atoms with van der Waals surface area (Å²) in [6, 6.07) is 4.12. The van der Waals surface area contributed by atoms with Crippen molar-refractivity contribution in [3.05, 3.63) is 35.1 Å². The second-order valence-electron chi connectivity index (χ2n) is 5.44. The molecule has 21 heavy (non-hydrogen) atoms. The summed E-state index contributed by atoms with van der Waals surface area (Å²) < 4.78 is 14.0. The van der Waals surface area contributed by atoms with Crippen molar-refractivity contribution in [3.63, 3.8) is 0 Å². The van der Waals surface area contributed by atoms with Gasteiger partial charge in [-0.05, 0) is 32.0 Å².